The summed E-state index contributed by atoms with van der Waals surface area (Å²) in [5.74, 6) is -0.792. The Labute approximate surface area is 97.4 Å². The molecule has 0 bridgehead atoms. The first-order valence-electron chi connectivity index (χ1n) is 4.49. The van der Waals surface area contributed by atoms with Crippen molar-refractivity contribution in [3.05, 3.63) is 24.2 Å². The van der Waals surface area contributed by atoms with Crippen LogP contribution in [0.25, 0.3) is 11.6 Å². The number of aromatic nitrogens is 3. The highest BCUT2D eigenvalue weighted by atomic mass is 19.4. The molecule has 0 amide bonds. The van der Waals surface area contributed by atoms with Crippen molar-refractivity contribution in [3.63, 3.8) is 0 Å². The van der Waals surface area contributed by atoms with Gasteiger partial charge in [-0.1, -0.05) is 0 Å². The molecule has 0 fully saturated rings. The topological polar surface area (TPSA) is 78.1 Å². The third-order valence-corrected chi connectivity index (χ3v) is 1.73. The summed E-state index contributed by atoms with van der Waals surface area (Å²) in [6.45, 7) is 0. The van der Waals surface area contributed by atoms with Crippen LogP contribution in [0.4, 0.5) is 13.2 Å². The molecule has 18 heavy (non-hydrogen) atoms. The first-order valence-corrected chi connectivity index (χ1v) is 4.49. The lowest BCUT2D eigenvalue weighted by molar-refractivity contribution is -0.274. The van der Waals surface area contributed by atoms with Crippen LogP contribution in [0.3, 0.4) is 0 Å². The van der Waals surface area contributed by atoms with Gasteiger partial charge in [0, 0.05) is 0 Å². The molecule has 0 aromatic carbocycles. The van der Waals surface area contributed by atoms with Crippen molar-refractivity contribution in [2.24, 2.45) is 0 Å². The van der Waals surface area contributed by atoms with Crippen molar-refractivity contribution in [2.75, 3.05) is 0 Å². The predicted octanol–water partition coefficient (Wildman–Crippen LogP) is 1.84. The maximum absolute atomic E-state index is 11.9. The molecule has 9 heteroatoms. The molecule has 6 nitrogen and oxygen atoms in total. The highest BCUT2D eigenvalue weighted by Crippen LogP contribution is 2.23. The average Bonchev–Trinajstić information content (AvgIpc) is 2.76. The smallest absolute Gasteiger partial charge is 0.412 e. The summed E-state index contributed by atoms with van der Waals surface area (Å²) in [5.41, 5.74) is 0.130. The largest absolute Gasteiger partial charge is 0.573 e. The quantitative estimate of drug-likeness (QED) is 0.782. The van der Waals surface area contributed by atoms with Crippen LogP contribution in [0.15, 0.2) is 22.7 Å². The second-order valence-electron chi connectivity index (χ2n) is 2.99. The second kappa shape index (κ2) is 4.43. The monoisotopic (exact) mass is 259 g/mol. The Balaban J connectivity index is 2.19. The molecule has 0 aliphatic carbocycles. The van der Waals surface area contributed by atoms with Gasteiger partial charge in [-0.05, 0) is 12.1 Å². The minimum Gasteiger partial charge on any atom is -0.412 e. The number of halogens is 3. The number of carbonyl (C=O) groups is 1. The molecule has 0 aliphatic heterocycles. The SMILES string of the molecule is O=Cc1nnc(-c2ccc(OC(F)(F)F)cn2)o1. The summed E-state index contributed by atoms with van der Waals surface area (Å²) in [7, 11) is 0. The molecule has 0 aliphatic rings. The van der Waals surface area contributed by atoms with E-state index in [0.717, 1.165) is 12.3 Å². The zero-order valence-corrected chi connectivity index (χ0v) is 8.51. The summed E-state index contributed by atoms with van der Waals surface area (Å²) < 4.78 is 44.1. The summed E-state index contributed by atoms with van der Waals surface area (Å²) in [5, 5.41) is 6.84. The number of hydrogen-bond acceptors (Lipinski definition) is 6. The molecule has 2 rings (SSSR count). The van der Waals surface area contributed by atoms with Crippen LogP contribution in [0.5, 0.6) is 5.75 Å². The molecule has 2 heterocycles. The Hall–Kier alpha value is -2.45. The van der Waals surface area contributed by atoms with Crippen LogP contribution < -0.4 is 4.74 Å². The van der Waals surface area contributed by atoms with Crippen LogP contribution >= 0.6 is 0 Å². The van der Waals surface area contributed by atoms with E-state index >= 15 is 0 Å². The van der Waals surface area contributed by atoms with Gasteiger partial charge in [0.2, 0.25) is 6.29 Å². The highest BCUT2D eigenvalue weighted by molar-refractivity contribution is 5.67. The minimum absolute atomic E-state index is 0.0735. The van der Waals surface area contributed by atoms with Crippen LogP contribution in [0, 0.1) is 0 Å². The molecule has 0 radical (unpaired) electrons. The Morgan fingerprint density at radius 3 is 2.56 bits per heavy atom. The van der Waals surface area contributed by atoms with E-state index in [1.807, 2.05) is 0 Å². The highest BCUT2D eigenvalue weighted by Gasteiger charge is 2.31. The van der Waals surface area contributed by atoms with Gasteiger partial charge in [-0.3, -0.25) is 4.79 Å². The van der Waals surface area contributed by atoms with Gasteiger partial charge in [-0.25, -0.2) is 4.98 Å². The molecule has 2 aromatic heterocycles. The maximum atomic E-state index is 11.9. The van der Waals surface area contributed by atoms with Crippen LogP contribution in [0.2, 0.25) is 0 Å². The molecule has 94 valence electrons. The fourth-order valence-corrected chi connectivity index (χ4v) is 1.09. The van der Waals surface area contributed by atoms with Gasteiger partial charge in [-0.15, -0.1) is 23.4 Å². The third kappa shape index (κ3) is 2.81. The van der Waals surface area contributed by atoms with E-state index in [1.165, 1.54) is 6.07 Å². The number of rotatable bonds is 3. The van der Waals surface area contributed by atoms with E-state index in [0.29, 0.717) is 6.29 Å². The number of hydrogen-bond donors (Lipinski definition) is 0. The first kappa shape index (κ1) is 12.0. The molecular weight excluding hydrogens is 255 g/mol. The van der Waals surface area contributed by atoms with Crippen LogP contribution in [0.1, 0.15) is 10.7 Å². The van der Waals surface area contributed by atoms with Crippen molar-refractivity contribution in [3.8, 4) is 17.3 Å². The van der Waals surface area contributed by atoms with E-state index in [2.05, 4.69) is 19.9 Å². The van der Waals surface area contributed by atoms with Gasteiger partial charge in [0.25, 0.3) is 11.8 Å². The van der Waals surface area contributed by atoms with Crippen molar-refractivity contribution in [1.29, 1.82) is 0 Å². The Morgan fingerprint density at radius 1 is 1.28 bits per heavy atom. The first-order chi connectivity index (χ1) is 8.48. The van der Waals surface area contributed by atoms with Crippen LogP contribution in [-0.4, -0.2) is 27.8 Å². The zero-order valence-electron chi connectivity index (χ0n) is 8.51. The second-order valence-corrected chi connectivity index (χ2v) is 2.99. The van der Waals surface area contributed by atoms with E-state index in [9.17, 15) is 18.0 Å². The standard InChI is InChI=1S/C9H4F3N3O3/c10-9(11,12)18-5-1-2-6(13-3-5)8-15-14-7(4-16)17-8/h1-4H. The summed E-state index contributed by atoms with van der Waals surface area (Å²) in [4.78, 5) is 13.9. The lowest BCUT2D eigenvalue weighted by atomic mass is 10.3. The van der Waals surface area contributed by atoms with Crippen molar-refractivity contribution in [1.82, 2.24) is 15.2 Å². The van der Waals surface area contributed by atoms with Gasteiger partial charge in [0.15, 0.2) is 0 Å². The van der Waals surface area contributed by atoms with Crippen molar-refractivity contribution < 1.29 is 27.1 Å². The molecule has 0 saturated carbocycles. The Bertz CT molecular complexity index is 550. The normalized spacial score (nSPS) is 11.3. The molecule has 0 saturated heterocycles. The molecule has 0 atom stereocenters. The summed E-state index contributed by atoms with van der Waals surface area (Å²) >= 11 is 0. The number of carbonyl (C=O) groups excluding carboxylic acids is 1. The maximum Gasteiger partial charge on any atom is 0.573 e. The van der Waals surface area contributed by atoms with Gasteiger partial charge in [-0.2, -0.15) is 0 Å². The van der Waals surface area contributed by atoms with Gasteiger partial charge in [0.1, 0.15) is 11.4 Å². The molecule has 0 N–H and O–H groups in total. The lowest BCUT2D eigenvalue weighted by Crippen LogP contribution is -2.17. The zero-order chi connectivity index (χ0) is 13.2. The fraction of sp³-hybridized carbons (Fsp3) is 0.111. The van der Waals surface area contributed by atoms with Crippen molar-refractivity contribution >= 4 is 6.29 Å². The molecule has 0 unspecified atom stereocenters. The molecule has 2 aromatic rings. The fourth-order valence-electron chi connectivity index (χ4n) is 1.09. The van der Waals surface area contributed by atoms with E-state index < -0.39 is 12.1 Å². The lowest BCUT2D eigenvalue weighted by Gasteiger charge is -2.07. The summed E-state index contributed by atoms with van der Waals surface area (Å²) in [6.07, 6.45) is -3.58. The van der Waals surface area contributed by atoms with Gasteiger partial charge in [0.05, 0.1) is 6.20 Å². The third-order valence-electron chi connectivity index (χ3n) is 1.73. The number of alkyl halides is 3. The van der Waals surface area contributed by atoms with Crippen LogP contribution in [-0.2, 0) is 0 Å². The molecular formula is C9H4F3N3O3. The average molecular weight is 259 g/mol. The number of pyridine rings is 1. The molecule has 0 spiro atoms. The van der Waals surface area contributed by atoms with E-state index in [-0.39, 0.29) is 17.5 Å². The van der Waals surface area contributed by atoms with E-state index in [4.69, 9.17) is 4.42 Å². The number of ether oxygens (including phenoxy) is 1. The number of aldehydes is 1. The number of nitrogens with zero attached hydrogens (tertiary/aromatic N) is 3. The predicted molar refractivity (Wildman–Crippen MR) is 49.6 cm³/mol. The van der Waals surface area contributed by atoms with Gasteiger partial charge < -0.3 is 9.15 Å². The Morgan fingerprint density at radius 2 is 2.06 bits per heavy atom. The Kier molecular flexibility index (Phi) is 2.96. The summed E-state index contributed by atoms with van der Waals surface area (Å²) in [6, 6.07) is 2.24. The van der Waals surface area contributed by atoms with Crippen molar-refractivity contribution in [2.45, 2.75) is 6.36 Å². The van der Waals surface area contributed by atoms with Gasteiger partial charge >= 0.3 is 6.36 Å². The minimum atomic E-state index is -4.78. The van der Waals surface area contributed by atoms with E-state index in [1.54, 1.807) is 0 Å².